The van der Waals surface area contributed by atoms with E-state index in [4.69, 9.17) is 25.2 Å². The molecule has 0 saturated heterocycles. The molecular weight excluding hydrogens is 372 g/mol. The SMILES string of the molecule is COC(=O)c1cc(-c2ccc(/C=N/NC(=O)c3ccc(C)o3)o2)ccc1Cl. The van der Waals surface area contributed by atoms with E-state index in [-0.39, 0.29) is 16.3 Å². The quantitative estimate of drug-likeness (QED) is 0.405. The van der Waals surface area contributed by atoms with Crippen molar-refractivity contribution >= 4 is 29.7 Å². The third-order valence-corrected chi connectivity index (χ3v) is 3.93. The fraction of sp³-hybridized carbons (Fsp3) is 0.105. The highest BCUT2D eigenvalue weighted by Crippen LogP contribution is 2.27. The third kappa shape index (κ3) is 4.27. The topological polar surface area (TPSA) is 94.0 Å². The van der Waals surface area contributed by atoms with E-state index < -0.39 is 11.9 Å². The van der Waals surface area contributed by atoms with Gasteiger partial charge in [-0.25, -0.2) is 10.2 Å². The highest BCUT2D eigenvalue weighted by molar-refractivity contribution is 6.33. The molecule has 2 aromatic heterocycles. The number of nitrogens with one attached hydrogen (secondary N) is 1. The van der Waals surface area contributed by atoms with Gasteiger partial charge in [0, 0.05) is 5.56 Å². The average Bonchev–Trinajstić information content (AvgIpc) is 3.30. The summed E-state index contributed by atoms with van der Waals surface area (Å²) in [5.74, 6) is 0.717. The Kier molecular flexibility index (Phi) is 5.42. The molecule has 1 N–H and O–H groups in total. The van der Waals surface area contributed by atoms with Crippen LogP contribution in [-0.2, 0) is 4.74 Å². The van der Waals surface area contributed by atoms with Gasteiger partial charge in [0.1, 0.15) is 17.3 Å². The fourth-order valence-electron chi connectivity index (χ4n) is 2.29. The molecule has 0 bridgehead atoms. The molecule has 0 aliphatic heterocycles. The lowest BCUT2D eigenvalue weighted by molar-refractivity contribution is 0.0601. The van der Waals surface area contributed by atoms with E-state index in [9.17, 15) is 9.59 Å². The van der Waals surface area contributed by atoms with Crippen LogP contribution < -0.4 is 5.43 Å². The van der Waals surface area contributed by atoms with Gasteiger partial charge < -0.3 is 13.6 Å². The molecule has 0 saturated carbocycles. The van der Waals surface area contributed by atoms with E-state index in [1.165, 1.54) is 13.3 Å². The Morgan fingerprint density at radius 3 is 2.67 bits per heavy atom. The van der Waals surface area contributed by atoms with Crippen molar-refractivity contribution < 1.29 is 23.2 Å². The van der Waals surface area contributed by atoms with Gasteiger partial charge in [-0.15, -0.1) is 0 Å². The predicted octanol–water partition coefficient (Wildman–Crippen LogP) is 4.05. The number of benzene rings is 1. The number of ether oxygens (including phenoxy) is 1. The summed E-state index contributed by atoms with van der Waals surface area (Å²) in [7, 11) is 1.28. The number of hydrogen-bond acceptors (Lipinski definition) is 6. The van der Waals surface area contributed by atoms with Gasteiger partial charge in [-0.2, -0.15) is 5.10 Å². The Bertz CT molecular complexity index is 1020. The molecule has 2 heterocycles. The van der Waals surface area contributed by atoms with E-state index in [1.807, 2.05) is 0 Å². The van der Waals surface area contributed by atoms with Gasteiger partial charge in [0.2, 0.25) is 0 Å². The maximum absolute atomic E-state index is 11.8. The smallest absolute Gasteiger partial charge is 0.339 e. The highest BCUT2D eigenvalue weighted by Gasteiger charge is 2.14. The number of rotatable bonds is 5. The van der Waals surface area contributed by atoms with E-state index in [1.54, 1.807) is 49.4 Å². The molecule has 27 heavy (non-hydrogen) atoms. The van der Waals surface area contributed by atoms with Crippen molar-refractivity contribution in [3.8, 4) is 11.3 Å². The molecule has 3 aromatic rings. The van der Waals surface area contributed by atoms with Crippen LogP contribution >= 0.6 is 11.6 Å². The van der Waals surface area contributed by atoms with Crippen LogP contribution in [0.1, 0.15) is 32.4 Å². The van der Waals surface area contributed by atoms with Gasteiger partial charge in [0.05, 0.1) is 23.9 Å². The van der Waals surface area contributed by atoms with Crippen molar-refractivity contribution in [1.82, 2.24) is 5.43 Å². The summed E-state index contributed by atoms with van der Waals surface area (Å²) < 4.78 is 15.6. The largest absolute Gasteiger partial charge is 0.465 e. The molecule has 0 fully saturated rings. The monoisotopic (exact) mass is 386 g/mol. The highest BCUT2D eigenvalue weighted by atomic mass is 35.5. The standard InChI is InChI=1S/C19H15ClN2O5/c1-11-3-7-17(26-11)18(23)22-21-10-13-5-8-16(27-13)12-4-6-15(20)14(9-12)19(24)25-2/h3-10H,1-2H3,(H,22,23)/b21-10+. The maximum Gasteiger partial charge on any atom is 0.339 e. The van der Waals surface area contributed by atoms with Gasteiger partial charge in [0.15, 0.2) is 5.76 Å². The number of nitrogens with zero attached hydrogens (tertiary/aromatic N) is 1. The van der Waals surface area contributed by atoms with Crippen molar-refractivity contribution in [3.05, 3.63) is 70.3 Å². The summed E-state index contributed by atoms with van der Waals surface area (Å²) in [6, 6.07) is 11.5. The molecule has 3 rings (SSSR count). The molecule has 0 aliphatic carbocycles. The van der Waals surface area contributed by atoms with Crippen LogP contribution in [0.5, 0.6) is 0 Å². The van der Waals surface area contributed by atoms with Gasteiger partial charge >= 0.3 is 11.9 Å². The minimum Gasteiger partial charge on any atom is -0.465 e. The number of aryl methyl sites for hydroxylation is 1. The Morgan fingerprint density at radius 1 is 1.15 bits per heavy atom. The van der Waals surface area contributed by atoms with E-state index >= 15 is 0 Å². The van der Waals surface area contributed by atoms with Gasteiger partial charge in [-0.05, 0) is 49.4 Å². The summed E-state index contributed by atoms with van der Waals surface area (Å²) in [5.41, 5.74) is 3.23. The first-order chi connectivity index (χ1) is 13.0. The van der Waals surface area contributed by atoms with Crippen LogP contribution in [0.3, 0.4) is 0 Å². The summed E-state index contributed by atoms with van der Waals surface area (Å²) in [6.07, 6.45) is 1.36. The molecule has 1 amide bonds. The van der Waals surface area contributed by atoms with Crippen molar-refractivity contribution in [2.24, 2.45) is 5.10 Å². The molecule has 0 unspecified atom stereocenters. The number of halogens is 1. The van der Waals surface area contributed by atoms with Crippen LogP contribution in [0.4, 0.5) is 0 Å². The number of carbonyl (C=O) groups excluding carboxylic acids is 2. The van der Waals surface area contributed by atoms with Crippen molar-refractivity contribution in [3.63, 3.8) is 0 Å². The van der Waals surface area contributed by atoms with E-state index in [0.717, 1.165) is 0 Å². The first-order valence-electron chi connectivity index (χ1n) is 7.86. The first kappa shape index (κ1) is 18.5. The number of methoxy groups -OCH3 is 1. The molecule has 0 aliphatic rings. The Labute approximate surface area is 159 Å². The minimum atomic E-state index is -0.536. The zero-order valence-corrected chi connectivity index (χ0v) is 15.2. The van der Waals surface area contributed by atoms with Gasteiger partial charge in [-0.3, -0.25) is 4.79 Å². The first-order valence-corrected chi connectivity index (χ1v) is 8.23. The van der Waals surface area contributed by atoms with Crippen molar-refractivity contribution in [2.45, 2.75) is 6.92 Å². The Morgan fingerprint density at radius 2 is 1.96 bits per heavy atom. The maximum atomic E-state index is 11.8. The lowest BCUT2D eigenvalue weighted by Crippen LogP contribution is -2.16. The van der Waals surface area contributed by atoms with Gasteiger partial charge in [0.25, 0.3) is 0 Å². The van der Waals surface area contributed by atoms with Crippen LogP contribution in [0.25, 0.3) is 11.3 Å². The number of amides is 1. The number of esters is 1. The minimum absolute atomic E-state index is 0.168. The van der Waals surface area contributed by atoms with Crippen LogP contribution in [0.15, 0.2) is 56.4 Å². The summed E-state index contributed by atoms with van der Waals surface area (Å²) in [5, 5.41) is 4.12. The molecule has 138 valence electrons. The van der Waals surface area contributed by atoms with Crippen molar-refractivity contribution in [1.29, 1.82) is 0 Å². The number of furan rings is 2. The second-order valence-electron chi connectivity index (χ2n) is 5.50. The Hall–Kier alpha value is -3.32. The number of carbonyl (C=O) groups is 2. The molecule has 8 heteroatoms. The molecule has 0 radical (unpaired) electrons. The van der Waals surface area contributed by atoms with Crippen LogP contribution in [-0.4, -0.2) is 25.2 Å². The van der Waals surface area contributed by atoms with E-state index in [0.29, 0.717) is 22.8 Å². The molecule has 0 atom stereocenters. The average molecular weight is 387 g/mol. The molecule has 0 spiro atoms. The zero-order chi connectivity index (χ0) is 19.4. The molecule has 7 nitrogen and oxygen atoms in total. The molecular formula is C19H15ClN2O5. The third-order valence-electron chi connectivity index (χ3n) is 3.61. The summed E-state index contributed by atoms with van der Waals surface area (Å²) >= 11 is 6.01. The lowest BCUT2D eigenvalue weighted by atomic mass is 10.1. The second kappa shape index (κ2) is 7.92. The van der Waals surface area contributed by atoms with Gasteiger partial charge in [-0.1, -0.05) is 11.6 Å². The van der Waals surface area contributed by atoms with E-state index in [2.05, 4.69) is 10.5 Å². The number of hydrogen-bond donors (Lipinski definition) is 1. The molecule has 1 aromatic carbocycles. The normalized spacial score (nSPS) is 10.9. The lowest BCUT2D eigenvalue weighted by Gasteiger charge is -2.04. The van der Waals surface area contributed by atoms with Crippen LogP contribution in [0.2, 0.25) is 5.02 Å². The van der Waals surface area contributed by atoms with Crippen molar-refractivity contribution in [2.75, 3.05) is 7.11 Å². The fourth-order valence-corrected chi connectivity index (χ4v) is 2.48. The summed E-state index contributed by atoms with van der Waals surface area (Å²) in [4.78, 5) is 23.6. The zero-order valence-electron chi connectivity index (χ0n) is 14.5. The Balaban J connectivity index is 1.71. The summed E-state index contributed by atoms with van der Waals surface area (Å²) in [6.45, 7) is 1.74. The predicted molar refractivity (Wildman–Crippen MR) is 99.0 cm³/mol. The van der Waals surface area contributed by atoms with Crippen LogP contribution in [0, 0.1) is 6.92 Å². The second-order valence-corrected chi connectivity index (χ2v) is 5.90. The number of hydrazone groups is 1.